The van der Waals surface area contributed by atoms with Crippen LogP contribution in [0.1, 0.15) is 25.6 Å². The van der Waals surface area contributed by atoms with Crippen LogP contribution in [0, 0.1) is 5.92 Å². The van der Waals surface area contributed by atoms with Crippen molar-refractivity contribution in [1.29, 1.82) is 0 Å². The summed E-state index contributed by atoms with van der Waals surface area (Å²) < 4.78 is 2.15. The molecule has 2 aliphatic rings. The minimum Gasteiger partial charge on any atom is -0.315 e. The molecule has 1 fully saturated rings. The smallest absolute Gasteiger partial charge is 0.147 e. The molecule has 3 rings (SSSR count). The summed E-state index contributed by atoms with van der Waals surface area (Å²) in [4.78, 5) is 2.45. The summed E-state index contributed by atoms with van der Waals surface area (Å²) in [5.41, 5.74) is 0. The first-order valence-electron chi connectivity index (χ1n) is 6.65. The van der Waals surface area contributed by atoms with Crippen LogP contribution in [0.2, 0.25) is 0 Å². The van der Waals surface area contributed by atoms with E-state index >= 15 is 0 Å². The Balaban J connectivity index is 1.41. The van der Waals surface area contributed by atoms with Gasteiger partial charge in [-0.25, -0.2) is 0 Å². The van der Waals surface area contributed by atoms with Crippen molar-refractivity contribution in [2.75, 3.05) is 19.6 Å². The number of fused-ring (bicyclic) bond motifs is 1. The number of hydrogen-bond donors (Lipinski definition) is 1. The van der Waals surface area contributed by atoms with E-state index in [2.05, 4.69) is 31.9 Å². The maximum atomic E-state index is 4.14. The van der Waals surface area contributed by atoms with Gasteiger partial charge in [0.2, 0.25) is 0 Å². The summed E-state index contributed by atoms with van der Waals surface area (Å²) >= 11 is 0. The Morgan fingerprint density at radius 2 is 2.35 bits per heavy atom. The predicted molar refractivity (Wildman–Crippen MR) is 65.5 cm³/mol. The van der Waals surface area contributed by atoms with Crippen molar-refractivity contribution in [2.45, 2.75) is 38.9 Å². The Morgan fingerprint density at radius 1 is 1.47 bits per heavy atom. The molecule has 94 valence electrons. The van der Waals surface area contributed by atoms with Crippen LogP contribution < -0.4 is 5.32 Å². The molecule has 1 saturated carbocycles. The molecule has 1 aromatic heterocycles. The molecule has 0 saturated heterocycles. The highest BCUT2D eigenvalue weighted by Crippen LogP contribution is 2.32. The standard InChI is InChI=1S/C12H21N5/c1-10(11-2-3-11)13-4-5-16-6-7-17-9-14-15-12(17)8-16/h9-11,13H,2-8H2,1H3. The Morgan fingerprint density at radius 3 is 3.18 bits per heavy atom. The van der Waals surface area contributed by atoms with Gasteiger partial charge in [-0.15, -0.1) is 10.2 Å². The first-order chi connectivity index (χ1) is 8.33. The van der Waals surface area contributed by atoms with E-state index in [1.165, 1.54) is 12.8 Å². The van der Waals surface area contributed by atoms with E-state index in [1.54, 1.807) is 0 Å². The van der Waals surface area contributed by atoms with Gasteiger partial charge in [0.1, 0.15) is 12.2 Å². The van der Waals surface area contributed by atoms with Crippen molar-refractivity contribution < 1.29 is 0 Å². The molecule has 5 nitrogen and oxygen atoms in total. The average molecular weight is 235 g/mol. The number of nitrogens with zero attached hydrogens (tertiary/aromatic N) is 4. The topological polar surface area (TPSA) is 46.0 Å². The Kier molecular flexibility index (Phi) is 3.11. The molecule has 0 spiro atoms. The van der Waals surface area contributed by atoms with Gasteiger partial charge in [-0.05, 0) is 25.7 Å². The van der Waals surface area contributed by atoms with Gasteiger partial charge < -0.3 is 9.88 Å². The highest BCUT2D eigenvalue weighted by Gasteiger charge is 2.27. The van der Waals surface area contributed by atoms with Crippen molar-refractivity contribution in [3.05, 3.63) is 12.2 Å². The maximum Gasteiger partial charge on any atom is 0.147 e. The van der Waals surface area contributed by atoms with Crippen molar-refractivity contribution in [3.8, 4) is 0 Å². The monoisotopic (exact) mass is 235 g/mol. The molecule has 1 atom stereocenters. The summed E-state index contributed by atoms with van der Waals surface area (Å²) in [7, 11) is 0. The molecule has 0 radical (unpaired) electrons. The molecule has 2 heterocycles. The first kappa shape index (κ1) is 11.2. The summed E-state index contributed by atoms with van der Waals surface area (Å²) in [6.07, 6.45) is 4.67. The molecular weight excluding hydrogens is 214 g/mol. The lowest BCUT2D eigenvalue weighted by Crippen LogP contribution is -2.40. The van der Waals surface area contributed by atoms with Crippen LogP contribution in [-0.4, -0.2) is 45.3 Å². The molecule has 0 aromatic carbocycles. The normalized spacial score (nSPS) is 22.4. The second kappa shape index (κ2) is 4.74. The number of nitrogens with one attached hydrogen (secondary N) is 1. The van der Waals surface area contributed by atoms with Crippen LogP contribution in [0.25, 0.3) is 0 Å². The van der Waals surface area contributed by atoms with Crippen LogP contribution in [0.5, 0.6) is 0 Å². The minimum absolute atomic E-state index is 0.698. The van der Waals surface area contributed by atoms with Gasteiger partial charge in [0.05, 0.1) is 6.54 Å². The van der Waals surface area contributed by atoms with Crippen molar-refractivity contribution in [3.63, 3.8) is 0 Å². The lowest BCUT2D eigenvalue weighted by Gasteiger charge is -2.27. The van der Waals surface area contributed by atoms with E-state index in [9.17, 15) is 0 Å². The zero-order valence-electron chi connectivity index (χ0n) is 10.5. The number of hydrogen-bond acceptors (Lipinski definition) is 4. The van der Waals surface area contributed by atoms with Gasteiger partial charge in [0.15, 0.2) is 0 Å². The third-order valence-electron chi connectivity index (χ3n) is 3.94. The maximum absolute atomic E-state index is 4.14. The quantitative estimate of drug-likeness (QED) is 0.806. The fourth-order valence-corrected chi connectivity index (χ4v) is 2.52. The van der Waals surface area contributed by atoms with Crippen LogP contribution >= 0.6 is 0 Å². The lowest BCUT2D eigenvalue weighted by molar-refractivity contribution is 0.214. The molecular formula is C12H21N5. The minimum atomic E-state index is 0.698. The molecule has 1 N–H and O–H groups in total. The number of aromatic nitrogens is 3. The molecule has 1 unspecified atom stereocenters. The Bertz CT molecular complexity index is 371. The summed E-state index contributed by atoms with van der Waals surface area (Å²) in [6.45, 7) is 7.60. The lowest BCUT2D eigenvalue weighted by atomic mass is 10.2. The van der Waals surface area contributed by atoms with E-state index in [0.717, 1.165) is 44.5 Å². The van der Waals surface area contributed by atoms with E-state index in [-0.39, 0.29) is 0 Å². The third-order valence-corrected chi connectivity index (χ3v) is 3.94. The van der Waals surface area contributed by atoms with Crippen LogP contribution in [0.4, 0.5) is 0 Å². The molecule has 1 aliphatic carbocycles. The second-order valence-corrected chi connectivity index (χ2v) is 5.30. The fraction of sp³-hybridized carbons (Fsp3) is 0.833. The van der Waals surface area contributed by atoms with E-state index < -0.39 is 0 Å². The highest BCUT2D eigenvalue weighted by molar-refractivity contribution is 4.90. The highest BCUT2D eigenvalue weighted by atomic mass is 15.3. The van der Waals surface area contributed by atoms with Crippen molar-refractivity contribution in [2.24, 2.45) is 5.92 Å². The fourth-order valence-electron chi connectivity index (χ4n) is 2.52. The van der Waals surface area contributed by atoms with Gasteiger partial charge in [0.25, 0.3) is 0 Å². The first-order valence-corrected chi connectivity index (χ1v) is 6.65. The van der Waals surface area contributed by atoms with E-state index in [4.69, 9.17) is 0 Å². The van der Waals surface area contributed by atoms with Gasteiger partial charge in [-0.1, -0.05) is 0 Å². The van der Waals surface area contributed by atoms with Crippen molar-refractivity contribution >= 4 is 0 Å². The molecule has 5 heteroatoms. The SMILES string of the molecule is CC(NCCN1CCn2cnnc2C1)C1CC1. The largest absolute Gasteiger partial charge is 0.315 e. The molecule has 0 bridgehead atoms. The van der Waals surface area contributed by atoms with Crippen LogP contribution in [-0.2, 0) is 13.1 Å². The summed E-state index contributed by atoms with van der Waals surface area (Å²) in [5, 5.41) is 11.7. The zero-order chi connectivity index (χ0) is 11.7. The van der Waals surface area contributed by atoms with Crippen LogP contribution in [0.3, 0.4) is 0 Å². The molecule has 1 aliphatic heterocycles. The summed E-state index contributed by atoms with van der Waals surface area (Å²) in [6, 6.07) is 0.698. The number of rotatable bonds is 5. The van der Waals surface area contributed by atoms with Gasteiger partial charge in [-0.3, -0.25) is 4.90 Å². The molecule has 1 aromatic rings. The third kappa shape index (κ3) is 2.66. The van der Waals surface area contributed by atoms with Gasteiger partial charge in [-0.2, -0.15) is 0 Å². The van der Waals surface area contributed by atoms with E-state index in [1.807, 2.05) is 6.33 Å². The van der Waals surface area contributed by atoms with Gasteiger partial charge >= 0.3 is 0 Å². The Labute approximate surface area is 102 Å². The average Bonchev–Trinajstić information content (AvgIpc) is 3.08. The molecule has 17 heavy (non-hydrogen) atoms. The van der Waals surface area contributed by atoms with Crippen molar-refractivity contribution in [1.82, 2.24) is 25.0 Å². The van der Waals surface area contributed by atoms with E-state index in [0.29, 0.717) is 6.04 Å². The van der Waals surface area contributed by atoms with Crippen LogP contribution in [0.15, 0.2) is 6.33 Å². The second-order valence-electron chi connectivity index (χ2n) is 5.30. The Hall–Kier alpha value is -0.940. The zero-order valence-corrected chi connectivity index (χ0v) is 10.5. The predicted octanol–water partition coefficient (Wildman–Crippen LogP) is 0.482. The summed E-state index contributed by atoms with van der Waals surface area (Å²) in [5.74, 6) is 2.05. The van der Waals surface area contributed by atoms with Gasteiger partial charge in [0, 0.05) is 32.2 Å². The molecule has 0 amide bonds.